The number of nitrogens with one attached hydrogen (secondary N) is 1. The van der Waals surface area contributed by atoms with Crippen molar-refractivity contribution in [3.63, 3.8) is 0 Å². The van der Waals surface area contributed by atoms with Gasteiger partial charge in [-0.15, -0.1) is 0 Å². The van der Waals surface area contributed by atoms with Crippen LogP contribution in [0.5, 0.6) is 11.5 Å². The van der Waals surface area contributed by atoms with E-state index in [1.54, 1.807) is 24.3 Å². The number of nitrogens with zero attached hydrogens (tertiary/aromatic N) is 1. The Morgan fingerprint density at radius 3 is 2.00 bits per heavy atom. The first-order chi connectivity index (χ1) is 13.9. The van der Waals surface area contributed by atoms with Gasteiger partial charge in [-0.1, -0.05) is 36.4 Å². The van der Waals surface area contributed by atoms with Crippen LogP contribution in [0, 0.1) is 13.8 Å². The van der Waals surface area contributed by atoms with Gasteiger partial charge in [0.05, 0.1) is 0 Å². The molecule has 5 heteroatoms. The van der Waals surface area contributed by atoms with Crippen molar-refractivity contribution in [2.24, 2.45) is 0 Å². The highest BCUT2D eigenvalue weighted by atomic mass is 16.5. The predicted molar refractivity (Wildman–Crippen MR) is 116 cm³/mol. The second kappa shape index (κ2) is 9.06. The average molecular weight is 388 g/mol. The van der Waals surface area contributed by atoms with Gasteiger partial charge in [0, 0.05) is 18.3 Å². The van der Waals surface area contributed by atoms with Gasteiger partial charge in [-0.25, -0.2) is 0 Å². The fourth-order valence-corrected chi connectivity index (χ4v) is 3.04. The number of aryl methyl sites for hydroxylation is 2. The van der Waals surface area contributed by atoms with Crippen molar-refractivity contribution in [1.82, 2.24) is 0 Å². The lowest BCUT2D eigenvalue weighted by molar-refractivity contribution is -0.120. The van der Waals surface area contributed by atoms with Crippen LogP contribution in [-0.4, -0.2) is 18.4 Å². The molecule has 0 spiro atoms. The maximum absolute atomic E-state index is 12.6. The number of carbonyl (C=O) groups excluding carboxylic acids is 2. The van der Waals surface area contributed by atoms with E-state index in [1.165, 1.54) is 11.8 Å². The molecule has 0 aromatic heterocycles. The Bertz CT molecular complexity index is 978. The molecule has 0 aliphatic carbocycles. The van der Waals surface area contributed by atoms with Gasteiger partial charge in [0.25, 0.3) is 0 Å². The molecule has 0 unspecified atom stereocenters. The molecule has 0 heterocycles. The lowest BCUT2D eigenvalue weighted by Gasteiger charge is -2.21. The first-order valence-corrected chi connectivity index (χ1v) is 9.41. The molecular formula is C24H24N2O3. The van der Waals surface area contributed by atoms with E-state index in [4.69, 9.17) is 4.74 Å². The van der Waals surface area contributed by atoms with E-state index in [2.05, 4.69) is 5.32 Å². The maximum atomic E-state index is 12.6. The van der Waals surface area contributed by atoms with E-state index < -0.39 is 0 Å². The van der Waals surface area contributed by atoms with Crippen LogP contribution in [0.4, 0.5) is 11.4 Å². The number of benzene rings is 3. The number of amides is 2. The summed E-state index contributed by atoms with van der Waals surface area (Å²) in [4.78, 5) is 26.2. The van der Waals surface area contributed by atoms with Crippen molar-refractivity contribution >= 4 is 23.2 Å². The minimum absolute atomic E-state index is 0.0675. The summed E-state index contributed by atoms with van der Waals surface area (Å²) in [7, 11) is 0. The molecular weight excluding hydrogens is 364 g/mol. The predicted octanol–water partition coefficient (Wildman–Crippen LogP) is 5.09. The molecule has 5 nitrogen and oxygen atoms in total. The van der Waals surface area contributed by atoms with Crippen molar-refractivity contribution in [2.45, 2.75) is 20.8 Å². The first kappa shape index (κ1) is 20.1. The number of anilines is 2. The molecule has 0 aliphatic rings. The monoisotopic (exact) mass is 388 g/mol. The zero-order valence-corrected chi connectivity index (χ0v) is 16.8. The first-order valence-electron chi connectivity index (χ1n) is 9.41. The van der Waals surface area contributed by atoms with E-state index in [-0.39, 0.29) is 18.4 Å². The van der Waals surface area contributed by atoms with Crippen LogP contribution in [-0.2, 0) is 9.59 Å². The van der Waals surface area contributed by atoms with Crippen LogP contribution in [0.2, 0.25) is 0 Å². The van der Waals surface area contributed by atoms with Gasteiger partial charge in [0.15, 0.2) is 0 Å². The summed E-state index contributed by atoms with van der Waals surface area (Å²) in [5.41, 5.74) is 3.38. The third-order valence-corrected chi connectivity index (χ3v) is 4.55. The molecule has 0 atom stereocenters. The summed E-state index contributed by atoms with van der Waals surface area (Å²) < 4.78 is 5.78. The van der Waals surface area contributed by atoms with Crippen LogP contribution < -0.4 is 15.0 Å². The minimum atomic E-state index is -0.248. The smallest absolute Gasteiger partial charge is 0.244 e. The summed E-state index contributed by atoms with van der Waals surface area (Å²) in [6, 6.07) is 22.4. The Morgan fingerprint density at radius 2 is 1.41 bits per heavy atom. The second-order valence-corrected chi connectivity index (χ2v) is 6.83. The third-order valence-electron chi connectivity index (χ3n) is 4.55. The zero-order valence-electron chi connectivity index (χ0n) is 16.8. The summed E-state index contributed by atoms with van der Waals surface area (Å²) in [6.45, 7) is 5.26. The minimum Gasteiger partial charge on any atom is -0.457 e. The molecule has 2 amide bonds. The van der Waals surface area contributed by atoms with Gasteiger partial charge in [0.1, 0.15) is 18.0 Å². The number of hydrogen-bond acceptors (Lipinski definition) is 3. The Balaban J connectivity index is 1.71. The van der Waals surface area contributed by atoms with Gasteiger partial charge in [-0.05, 0) is 61.4 Å². The van der Waals surface area contributed by atoms with Crippen LogP contribution in [0.15, 0.2) is 72.8 Å². The normalized spacial score (nSPS) is 10.3. The second-order valence-electron chi connectivity index (χ2n) is 6.83. The van der Waals surface area contributed by atoms with Crippen molar-refractivity contribution in [1.29, 1.82) is 0 Å². The Labute approximate surface area is 170 Å². The highest BCUT2D eigenvalue weighted by molar-refractivity contribution is 6.02. The van der Waals surface area contributed by atoms with Gasteiger partial charge >= 0.3 is 0 Å². The Morgan fingerprint density at radius 1 is 0.828 bits per heavy atom. The third kappa shape index (κ3) is 5.23. The molecule has 1 N–H and O–H groups in total. The molecule has 0 aliphatic heterocycles. The summed E-state index contributed by atoms with van der Waals surface area (Å²) in [5, 5.41) is 2.92. The largest absolute Gasteiger partial charge is 0.457 e. The average Bonchev–Trinajstić information content (AvgIpc) is 2.70. The molecule has 0 saturated carbocycles. The van der Waals surface area contributed by atoms with Gasteiger partial charge in [-0.3, -0.25) is 9.59 Å². The van der Waals surface area contributed by atoms with Crippen LogP contribution >= 0.6 is 0 Å². The van der Waals surface area contributed by atoms with E-state index in [1.807, 2.05) is 62.4 Å². The van der Waals surface area contributed by atoms with E-state index >= 15 is 0 Å². The number of para-hydroxylation sites is 2. The number of ether oxygens (including phenoxy) is 1. The van der Waals surface area contributed by atoms with Crippen LogP contribution in [0.1, 0.15) is 18.1 Å². The number of hydrogen-bond donors (Lipinski definition) is 1. The Kier molecular flexibility index (Phi) is 6.29. The maximum Gasteiger partial charge on any atom is 0.244 e. The highest BCUT2D eigenvalue weighted by Gasteiger charge is 2.17. The molecule has 3 rings (SSSR count). The molecule has 29 heavy (non-hydrogen) atoms. The van der Waals surface area contributed by atoms with E-state index in [9.17, 15) is 9.59 Å². The molecule has 0 saturated heterocycles. The molecule has 3 aromatic carbocycles. The van der Waals surface area contributed by atoms with Crippen molar-refractivity contribution in [3.05, 3.63) is 83.9 Å². The standard InChI is InChI=1S/C24H24N2O3/c1-17-8-7-9-18(2)24(17)25-23(28)16-26(19(3)27)20-12-14-22(15-13-20)29-21-10-5-4-6-11-21/h4-15H,16H2,1-3H3,(H,25,28). The molecule has 0 bridgehead atoms. The van der Waals surface area contributed by atoms with Crippen molar-refractivity contribution in [2.75, 3.05) is 16.8 Å². The van der Waals surface area contributed by atoms with Crippen molar-refractivity contribution < 1.29 is 14.3 Å². The topological polar surface area (TPSA) is 58.6 Å². The molecule has 0 fully saturated rings. The quantitative estimate of drug-likeness (QED) is 0.640. The highest BCUT2D eigenvalue weighted by Crippen LogP contribution is 2.25. The van der Waals surface area contributed by atoms with Gasteiger partial charge in [0.2, 0.25) is 11.8 Å². The number of carbonyl (C=O) groups is 2. The lowest BCUT2D eigenvalue weighted by Crippen LogP contribution is -2.36. The molecule has 0 radical (unpaired) electrons. The van der Waals surface area contributed by atoms with Crippen LogP contribution in [0.3, 0.4) is 0 Å². The van der Waals surface area contributed by atoms with Crippen LogP contribution in [0.25, 0.3) is 0 Å². The fourth-order valence-electron chi connectivity index (χ4n) is 3.04. The van der Waals surface area contributed by atoms with E-state index in [0.717, 1.165) is 22.6 Å². The zero-order chi connectivity index (χ0) is 20.8. The summed E-state index contributed by atoms with van der Waals surface area (Å²) in [5.74, 6) is 0.931. The SMILES string of the molecule is CC(=O)N(CC(=O)Nc1c(C)cccc1C)c1ccc(Oc2ccccc2)cc1. The van der Waals surface area contributed by atoms with Gasteiger partial charge in [-0.2, -0.15) is 0 Å². The summed E-state index contributed by atoms with van der Waals surface area (Å²) >= 11 is 0. The number of rotatable bonds is 6. The van der Waals surface area contributed by atoms with E-state index in [0.29, 0.717) is 11.4 Å². The van der Waals surface area contributed by atoms with Gasteiger partial charge < -0.3 is 15.0 Å². The van der Waals surface area contributed by atoms with Crippen molar-refractivity contribution in [3.8, 4) is 11.5 Å². The summed E-state index contributed by atoms with van der Waals surface area (Å²) in [6.07, 6.45) is 0. The lowest BCUT2D eigenvalue weighted by atomic mass is 10.1. The molecule has 3 aromatic rings. The molecule has 148 valence electrons. The fraction of sp³-hybridized carbons (Fsp3) is 0.167. The Hall–Kier alpha value is -3.60.